The van der Waals surface area contributed by atoms with Crippen LogP contribution in [-0.2, 0) is 28.6 Å². The van der Waals surface area contributed by atoms with Gasteiger partial charge in [-0.05, 0) is 103 Å². The molecule has 0 aromatic carbocycles. The monoisotopic (exact) mass is 921 g/mol. The highest BCUT2D eigenvalue weighted by molar-refractivity contribution is 5.71. The van der Waals surface area contributed by atoms with Gasteiger partial charge in [-0.3, -0.25) is 14.4 Å². The van der Waals surface area contributed by atoms with Crippen LogP contribution >= 0.6 is 0 Å². The molecule has 0 aliphatic carbocycles. The number of ether oxygens (including phenoxy) is 3. The zero-order valence-electron chi connectivity index (χ0n) is 43.4. The number of rotatable bonds is 50. The Labute approximate surface area is 408 Å². The molecule has 0 spiro atoms. The Hall–Kier alpha value is -3.15. The zero-order valence-corrected chi connectivity index (χ0v) is 43.4. The van der Waals surface area contributed by atoms with Crippen LogP contribution in [0, 0.1) is 0 Å². The Bertz CT molecular complexity index is 1240. The van der Waals surface area contributed by atoms with Gasteiger partial charge >= 0.3 is 17.9 Å². The van der Waals surface area contributed by atoms with Crippen molar-refractivity contribution in [3.05, 3.63) is 72.9 Å². The smallest absolute Gasteiger partial charge is 0.306 e. The van der Waals surface area contributed by atoms with E-state index < -0.39 is 6.10 Å². The van der Waals surface area contributed by atoms with Gasteiger partial charge < -0.3 is 14.2 Å². The highest BCUT2D eigenvalue weighted by Crippen LogP contribution is 2.15. The summed E-state index contributed by atoms with van der Waals surface area (Å²) in [6, 6.07) is 0. The summed E-state index contributed by atoms with van der Waals surface area (Å²) in [7, 11) is 0. The molecule has 380 valence electrons. The van der Waals surface area contributed by atoms with Crippen LogP contribution in [0.25, 0.3) is 0 Å². The molecular weight excluding hydrogens is 817 g/mol. The first-order valence-electron chi connectivity index (χ1n) is 27.9. The van der Waals surface area contributed by atoms with E-state index in [0.29, 0.717) is 19.3 Å². The molecule has 0 aromatic rings. The minimum Gasteiger partial charge on any atom is -0.462 e. The maximum Gasteiger partial charge on any atom is 0.306 e. The fourth-order valence-electron chi connectivity index (χ4n) is 7.72. The molecule has 0 aromatic heterocycles. The summed E-state index contributed by atoms with van der Waals surface area (Å²) < 4.78 is 16.8. The lowest BCUT2D eigenvalue weighted by molar-refractivity contribution is -0.167. The molecule has 0 heterocycles. The molecule has 0 amide bonds. The molecule has 0 saturated heterocycles. The highest BCUT2D eigenvalue weighted by atomic mass is 16.6. The van der Waals surface area contributed by atoms with E-state index in [9.17, 15) is 14.4 Å². The second kappa shape index (κ2) is 54.5. The van der Waals surface area contributed by atoms with Crippen molar-refractivity contribution in [1.82, 2.24) is 0 Å². The quantitative estimate of drug-likeness (QED) is 0.0262. The van der Waals surface area contributed by atoms with Crippen molar-refractivity contribution in [3.8, 4) is 0 Å². The average molecular weight is 921 g/mol. The molecule has 6 nitrogen and oxygen atoms in total. The lowest BCUT2D eigenvalue weighted by Gasteiger charge is -2.18. The van der Waals surface area contributed by atoms with Crippen LogP contribution in [0.3, 0.4) is 0 Å². The topological polar surface area (TPSA) is 78.9 Å². The number of esters is 3. The molecule has 66 heavy (non-hydrogen) atoms. The summed E-state index contributed by atoms with van der Waals surface area (Å²) in [6.45, 7) is 6.45. The van der Waals surface area contributed by atoms with Crippen molar-refractivity contribution in [2.24, 2.45) is 0 Å². The van der Waals surface area contributed by atoms with Gasteiger partial charge in [0.05, 0.1) is 0 Å². The Morgan fingerprint density at radius 2 is 0.621 bits per heavy atom. The van der Waals surface area contributed by atoms with E-state index in [0.717, 1.165) is 109 Å². The van der Waals surface area contributed by atoms with E-state index in [-0.39, 0.29) is 31.1 Å². The molecule has 0 aliphatic heterocycles. The average Bonchev–Trinajstić information content (AvgIpc) is 3.31. The number of carbonyl (C=O) groups is 3. The fraction of sp³-hybridized carbons (Fsp3) is 0.750. The Morgan fingerprint density at radius 3 is 1.00 bits per heavy atom. The third kappa shape index (κ3) is 51.8. The van der Waals surface area contributed by atoms with Gasteiger partial charge in [-0.25, -0.2) is 0 Å². The summed E-state index contributed by atoms with van der Waals surface area (Å²) in [6.07, 6.45) is 69.0. The van der Waals surface area contributed by atoms with Crippen LogP contribution in [0.15, 0.2) is 72.9 Å². The molecule has 0 fully saturated rings. The molecule has 6 heteroatoms. The van der Waals surface area contributed by atoms with E-state index in [1.807, 2.05) is 0 Å². The number of hydrogen-bond donors (Lipinski definition) is 0. The molecule has 0 N–H and O–H groups in total. The number of hydrogen-bond acceptors (Lipinski definition) is 6. The maximum absolute atomic E-state index is 12.8. The first kappa shape index (κ1) is 62.8. The summed E-state index contributed by atoms with van der Waals surface area (Å²) in [4.78, 5) is 38.0. The van der Waals surface area contributed by atoms with Gasteiger partial charge in [0.15, 0.2) is 6.10 Å². The van der Waals surface area contributed by atoms with Crippen LogP contribution in [0.1, 0.15) is 271 Å². The van der Waals surface area contributed by atoms with Gasteiger partial charge in [-0.15, -0.1) is 0 Å². The predicted molar refractivity (Wildman–Crippen MR) is 284 cm³/mol. The third-order valence-electron chi connectivity index (χ3n) is 11.9. The number of allylic oxidation sites excluding steroid dienone is 12. The largest absolute Gasteiger partial charge is 0.462 e. The summed E-state index contributed by atoms with van der Waals surface area (Å²) >= 11 is 0. The second-order valence-corrected chi connectivity index (χ2v) is 18.5. The molecule has 0 aliphatic rings. The molecule has 0 saturated carbocycles. The first-order valence-corrected chi connectivity index (χ1v) is 27.9. The van der Waals surface area contributed by atoms with Crippen molar-refractivity contribution in [2.75, 3.05) is 13.2 Å². The molecular formula is C60H104O6. The van der Waals surface area contributed by atoms with Crippen molar-refractivity contribution in [2.45, 2.75) is 277 Å². The molecule has 0 rings (SSSR count). The van der Waals surface area contributed by atoms with E-state index in [1.165, 1.54) is 122 Å². The molecule has 1 atom stereocenters. The van der Waals surface area contributed by atoms with Crippen LogP contribution in [0.5, 0.6) is 0 Å². The maximum atomic E-state index is 12.8. The Morgan fingerprint density at radius 1 is 0.318 bits per heavy atom. The van der Waals surface area contributed by atoms with E-state index in [4.69, 9.17) is 14.2 Å². The number of unbranched alkanes of at least 4 members (excludes halogenated alkanes) is 27. The fourth-order valence-corrected chi connectivity index (χ4v) is 7.72. The number of carbonyl (C=O) groups excluding carboxylic acids is 3. The van der Waals surface area contributed by atoms with Crippen molar-refractivity contribution >= 4 is 17.9 Å². The zero-order chi connectivity index (χ0) is 47.9. The third-order valence-corrected chi connectivity index (χ3v) is 11.9. The minimum absolute atomic E-state index is 0.0830. The van der Waals surface area contributed by atoms with Crippen LogP contribution in [-0.4, -0.2) is 37.2 Å². The molecule has 1 unspecified atom stereocenters. The lowest BCUT2D eigenvalue weighted by atomic mass is 10.1. The molecule has 0 radical (unpaired) electrons. The van der Waals surface area contributed by atoms with Crippen LogP contribution in [0.4, 0.5) is 0 Å². The summed E-state index contributed by atoms with van der Waals surface area (Å²) in [5, 5.41) is 0. The SMILES string of the molecule is CC/C=C\C/C=C\C/C=C\C/C=C\CCCCCCCCCCCCC(=O)OCC(COC(=O)CCCCCCC/C=C\CCC)OC(=O)CCCCCCC/C=C\CCCCCCCC. The predicted octanol–water partition coefficient (Wildman–Crippen LogP) is 18.6. The standard InChI is InChI=1S/C60H104O6/c1-4-7-10-13-16-19-22-24-26-27-28-29-30-31-32-33-35-36-38-41-44-47-50-53-59(62)65-56-57(55-64-58(61)52-49-46-43-40-21-18-15-12-9-6-3)66-60(63)54-51-48-45-42-39-37-34-25-23-20-17-14-11-8-5-2/h7,10,12,15-16,19,24-26,28-29,34,57H,4-6,8-9,11,13-14,17-18,20-23,27,30-33,35-56H2,1-3H3/b10-7-,15-12-,19-16-,26-24-,29-28-,34-25-. The van der Waals surface area contributed by atoms with Gasteiger partial charge in [0.1, 0.15) is 13.2 Å². The highest BCUT2D eigenvalue weighted by Gasteiger charge is 2.19. The second-order valence-electron chi connectivity index (χ2n) is 18.5. The van der Waals surface area contributed by atoms with Crippen molar-refractivity contribution < 1.29 is 28.6 Å². The van der Waals surface area contributed by atoms with E-state index in [2.05, 4.69) is 93.7 Å². The summed E-state index contributed by atoms with van der Waals surface area (Å²) in [5.74, 6) is -0.901. The van der Waals surface area contributed by atoms with Crippen LogP contribution < -0.4 is 0 Å². The lowest BCUT2D eigenvalue weighted by Crippen LogP contribution is -2.30. The van der Waals surface area contributed by atoms with Crippen molar-refractivity contribution in [3.63, 3.8) is 0 Å². The van der Waals surface area contributed by atoms with Gasteiger partial charge in [0.2, 0.25) is 0 Å². The van der Waals surface area contributed by atoms with Gasteiger partial charge in [0, 0.05) is 19.3 Å². The van der Waals surface area contributed by atoms with E-state index in [1.54, 1.807) is 0 Å². The first-order chi connectivity index (χ1) is 32.5. The Kier molecular flexibility index (Phi) is 51.9. The minimum atomic E-state index is -0.783. The van der Waals surface area contributed by atoms with Gasteiger partial charge in [-0.2, -0.15) is 0 Å². The van der Waals surface area contributed by atoms with Gasteiger partial charge in [0.25, 0.3) is 0 Å². The Balaban J connectivity index is 4.28. The van der Waals surface area contributed by atoms with Crippen LogP contribution in [0.2, 0.25) is 0 Å². The van der Waals surface area contributed by atoms with Crippen molar-refractivity contribution in [1.29, 1.82) is 0 Å². The summed E-state index contributed by atoms with van der Waals surface area (Å²) in [5.41, 5.74) is 0. The normalized spacial score (nSPS) is 12.6. The molecule has 0 bridgehead atoms. The van der Waals surface area contributed by atoms with Gasteiger partial charge in [-0.1, -0.05) is 222 Å². The van der Waals surface area contributed by atoms with E-state index >= 15 is 0 Å².